The van der Waals surface area contributed by atoms with Gasteiger partial charge in [0.15, 0.2) is 0 Å². The molecule has 0 saturated carbocycles. The molecule has 0 aliphatic carbocycles. The van der Waals surface area contributed by atoms with Gasteiger partial charge in [0, 0.05) is 0 Å². The Balaban J connectivity index is 0.805. The number of benzene rings is 8. The van der Waals surface area contributed by atoms with E-state index in [0.29, 0.717) is 86.1 Å². The Bertz CT molecular complexity index is 4380. The zero-order valence-corrected chi connectivity index (χ0v) is 69.7. The summed E-state index contributed by atoms with van der Waals surface area (Å²) in [5.74, 6) is 3.07. The first-order valence-corrected chi connectivity index (χ1v) is 58.4. The van der Waals surface area contributed by atoms with Gasteiger partial charge in [-0.2, -0.15) is 0 Å². The molecule has 12 aromatic rings. The average molecular weight is 1800 g/mol. The van der Waals surface area contributed by atoms with Gasteiger partial charge in [0.25, 0.3) is 0 Å². The topological polar surface area (TPSA) is 200 Å². The van der Waals surface area contributed by atoms with Crippen LogP contribution >= 0.6 is 84.7 Å². The fourth-order valence-electron chi connectivity index (χ4n) is 11.5. The van der Waals surface area contributed by atoms with Gasteiger partial charge in [-0.1, -0.05) is 0 Å². The third kappa shape index (κ3) is 20.8. The van der Waals surface area contributed by atoms with E-state index in [-0.39, 0.29) is 76.0 Å². The quantitative estimate of drug-likeness (QED) is 0.0664. The molecule has 4 N–H and O–H groups in total. The van der Waals surface area contributed by atoms with Crippen LogP contribution in [0.1, 0.15) is 23.0 Å². The van der Waals surface area contributed by atoms with Crippen molar-refractivity contribution in [2.45, 2.75) is 26.2 Å². The molecule has 0 radical (unpaired) electrons. The predicted octanol–water partition coefficient (Wildman–Crippen LogP) is 15.7. The Morgan fingerprint density at radius 3 is 0.667 bits per heavy atom. The summed E-state index contributed by atoms with van der Waals surface area (Å²) in [6.07, 6.45) is 6.35. The van der Waals surface area contributed by atoms with E-state index in [1.54, 1.807) is 182 Å². The molecule has 544 valence electrons. The Morgan fingerprint density at radius 2 is 0.481 bits per heavy atom. The third-order valence-electron chi connectivity index (χ3n) is 16.6. The fourth-order valence-corrected chi connectivity index (χ4v) is 75.5. The first kappa shape index (κ1) is 77.1. The van der Waals surface area contributed by atoms with Crippen molar-refractivity contribution in [1.29, 1.82) is 0 Å². The van der Waals surface area contributed by atoms with E-state index in [4.69, 9.17) is 76.0 Å². The van der Waals surface area contributed by atoms with E-state index in [9.17, 15) is 19.2 Å². The first-order chi connectivity index (χ1) is 52.6. The summed E-state index contributed by atoms with van der Waals surface area (Å²) in [6, 6.07) is 83.3. The molecule has 4 aromatic heterocycles. The molecule has 0 saturated heterocycles. The van der Waals surface area contributed by atoms with Crippen LogP contribution in [0.2, 0.25) is 0 Å². The molecular formula is C80H68N8O10S8Sn2. The van der Waals surface area contributed by atoms with E-state index >= 15 is 0 Å². The Kier molecular flexibility index (Phi) is 26.7. The summed E-state index contributed by atoms with van der Waals surface area (Å²) < 4.78 is 42.2. The number of carbonyl (C=O) groups excluding carboxylic acids is 4. The predicted molar refractivity (Wildman–Crippen MR) is 453 cm³/mol. The van der Waals surface area contributed by atoms with E-state index < -0.39 is 31.2 Å². The Labute approximate surface area is 664 Å². The van der Waals surface area contributed by atoms with Crippen molar-refractivity contribution in [2.24, 2.45) is 0 Å². The zero-order chi connectivity index (χ0) is 74.7. The molecule has 8 bridgehead atoms. The SMILES string of the molecule is O=C1CN(Cc2ccco2)C(=S)[S][Sn]([c]2ccccc2)([c]2ccccc2)[S]C(=S)N(Cc2ccco2)CC(=O)Nc2ccc(cc2)Oc2ccc(cc2)NC(=O)CN(Cc2ccco2)C(=S)[S][Sn]([c]2ccccc2)([c]2ccccc2)[S]C(=S)N(Cc2ccco2)CC(=O)Nc2ccc(cc2)Oc2ccc(cc2)N1. The first-order valence-electron chi connectivity index (χ1n) is 33.8. The van der Waals surface area contributed by atoms with Crippen LogP contribution in [0.3, 0.4) is 0 Å². The minimum absolute atomic E-state index is 0.138. The van der Waals surface area contributed by atoms with Crippen molar-refractivity contribution in [1.82, 2.24) is 19.6 Å². The van der Waals surface area contributed by atoms with Gasteiger partial charge in [0.05, 0.1) is 0 Å². The van der Waals surface area contributed by atoms with Crippen molar-refractivity contribution in [3.05, 3.63) is 315 Å². The minimum atomic E-state index is -4.50. The Hall–Kier alpha value is -9.08. The number of anilines is 4. The number of hydrogen-bond acceptors (Lipinski definition) is 18. The second-order valence-electron chi connectivity index (χ2n) is 24.4. The van der Waals surface area contributed by atoms with Crippen LogP contribution in [0, 0.1) is 0 Å². The molecule has 8 aromatic carbocycles. The Morgan fingerprint density at radius 1 is 0.278 bits per heavy atom. The molecule has 11 heterocycles. The number of thiocarbonyl (C=S) groups is 4. The van der Waals surface area contributed by atoms with Crippen LogP contribution in [0.4, 0.5) is 22.7 Å². The number of amides is 4. The number of nitrogens with zero attached hydrogens (tertiary/aromatic N) is 4. The molecule has 19 rings (SSSR count). The number of carbonyl (C=O) groups is 4. The maximum absolute atomic E-state index is 14.4. The summed E-state index contributed by atoms with van der Waals surface area (Å²) in [7, 11) is 6.23. The van der Waals surface area contributed by atoms with Gasteiger partial charge >= 0.3 is 671 Å². The molecule has 4 amide bonds. The summed E-state index contributed by atoms with van der Waals surface area (Å²) >= 11 is 17.1. The van der Waals surface area contributed by atoms with Crippen molar-refractivity contribution in [2.75, 3.05) is 47.4 Å². The molecule has 108 heavy (non-hydrogen) atoms. The monoisotopic (exact) mass is 1800 g/mol. The van der Waals surface area contributed by atoms with Crippen LogP contribution in [0.25, 0.3) is 0 Å². The number of nitrogens with one attached hydrogen (secondary N) is 4. The molecule has 28 heteroatoms. The van der Waals surface area contributed by atoms with Gasteiger partial charge in [-0.15, -0.1) is 0 Å². The van der Waals surface area contributed by atoms with E-state index in [1.807, 2.05) is 117 Å². The van der Waals surface area contributed by atoms with Crippen LogP contribution in [-0.4, -0.2) is 118 Å². The number of hydrogen-bond donors (Lipinski definition) is 4. The standard InChI is InChI=1S/2C28H26N4O5S4.4C6H5.2Sn/c2*33-25(17-31(27(38)39)15-23-3-1-13-35-23)29-19-5-9-21(10-6-19)37-22-11-7-20(8-12-22)30-26(34)18-32(28(40)41)16-24-4-2-14-36-24;4*1-2-4-6-5-3-1;;/h2*1-14H,15-18H2,(H,29,33)(H,30,34)(H,38,39)(H,40,41);4*1-5H;;/q;;;;;;2*+2/p-4. The summed E-state index contributed by atoms with van der Waals surface area (Å²) in [4.78, 5) is 65.1. The van der Waals surface area contributed by atoms with Crippen molar-refractivity contribution in [3.8, 4) is 23.0 Å². The second-order valence-corrected chi connectivity index (χ2v) is 69.9. The van der Waals surface area contributed by atoms with Gasteiger partial charge in [0.1, 0.15) is 0 Å². The second kappa shape index (κ2) is 37.4. The average Bonchev–Trinajstić information content (AvgIpc) is 1.26. The number of rotatable bonds is 12. The van der Waals surface area contributed by atoms with Gasteiger partial charge in [0.2, 0.25) is 0 Å². The summed E-state index contributed by atoms with van der Waals surface area (Å²) in [6.45, 7) is 0.177. The van der Waals surface area contributed by atoms with E-state index in [2.05, 4.69) is 69.8 Å². The fraction of sp³-hybridized carbons (Fsp3) is 0.100. The molecule has 0 fully saturated rings. The normalized spacial score (nSPS) is 15.6. The summed E-state index contributed by atoms with van der Waals surface area (Å²) in [5.41, 5.74) is 2.08. The van der Waals surface area contributed by atoms with Crippen molar-refractivity contribution < 1.29 is 46.3 Å². The number of furan rings is 4. The third-order valence-corrected chi connectivity index (χ3v) is 74.9. The molecule has 0 unspecified atom stereocenters. The summed E-state index contributed by atoms with van der Waals surface area (Å²) in [5, 5.41) is 12.3. The van der Waals surface area contributed by atoms with Gasteiger partial charge in [-0.25, -0.2) is 0 Å². The van der Waals surface area contributed by atoms with Gasteiger partial charge < -0.3 is 0 Å². The van der Waals surface area contributed by atoms with Gasteiger partial charge in [-0.3, -0.25) is 0 Å². The van der Waals surface area contributed by atoms with Crippen LogP contribution in [0.15, 0.2) is 310 Å². The van der Waals surface area contributed by atoms with Crippen molar-refractivity contribution in [3.63, 3.8) is 0 Å². The molecule has 18 nitrogen and oxygen atoms in total. The zero-order valence-electron chi connectivity index (χ0n) is 57.5. The van der Waals surface area contributed by atoms with Crippen molar-refractivity contribution >= 4 is 194 Å². The van der Waals surface area contributed by atoms with E-state index in [1.165, 1.54) is 0 Å². The van der Waals surface area contributed by atoms with Crippen LogP contribution in [0.5, 0.6) is 23.0 Å². The molecular weight excluding hydrogens is 1730 g/mol. The maximum atomic E-state index is 14.4. The van der Waals surface area contributed by atoms with Gasteiger partial charge in [-0.05, 0) is 0 Å². The molecule has 0 spiro atoms. The van der Waals surface area contributed by atoms with Crippen LogP contribution in [-0.2, 0) is 45.4 Å². The molecule has 7 aliphatic heterocycles. The molecule has 0 atom stereocenters. The molecule has 7 aliphatic rings. The number of ether oxygens (including phenoxy) is 2. The van der Waals surface area contributed by atoms with E-state index in [0.717, 1.165) is 14.3 Å². The van der Waals surface area contributed by atoms with Crippen LogP contribution < -0.4 is 45.1 Å².